The smallest absolute Gasteiger partial charge is 0.337 e. The summed E-state index contributed by atoms with van der Waals surface area (Å²) in [6.45, 7) is 11.0. The molecule has 1 N–H and O–H groups in total. The van der Waals surface area contributed by atoms with E-state index in [4.69, 9.17) is 9.47 Å². The largest absolute Gasteiger partial charge is 0.488 e. The first-order valence-electron chi connectivity index (χ1n) is 9.87. The summed E-state index contributed by atoms with van der Waals surface area (Å²) in [6, 6.07) is 8.89. The molecule has 0 bridgehead atoms. The predicted octanol–water partition coefficient (Wildman–Crippen LogP) is 5.47. The van der Waals surface area contributed by atoms with Crippen molar-refractivity contribution in [2.45, 2.75) is 53.8 Å². The first-order valence-corrected chi connectivity index (χ1v) is 9.87. The van der Waals surface area contributed by atoms with Gasteiger partial charge in [0.1, 0.15) is 0 Å². The number of benzene rings is 2. The predicted molar refractivity (Wildman–Crippen MR) is 115 cm³/mol. The van der Waals surface area contributed by atoms with E-state index in [1.165, 1.54) is 31.4 Å². The van der Waals surface area contributed by atoms with Crippen LogP contribution in [0.25, 0.3) is 0 Å². The van der Waals surface area contributed by atoms with Gasteiger partial charge in [-0.2, -0.15) is 4.39 Å². The van der Waals surface area contributed by atoms with E-state index in [9.17, 15) is 14.0 Å². The summed E-state index contributed by atoms with van der Waals surface area (Å²) in [5.41, 5.74) is 1.02. The summed E-state index contributed by atoms with van der Waals surface area (Å²) in [5, 5.41) is 2.70. The minimum Gasteiger partial charge on any atom is -0.488 e. The van der Waals surface area contributed by atoms with Gasteiger partial charge < -0.3 is 19.5 Å². The number of methoxy groups -OCH3 is 1. The van der Waals surface area contributed by atoms with Crippen LogP contribution in [-0.4, -0.2) is 31.2 Å². The fraction of sp³-hybridized carbons (Fsp3) is 0.391. The summed E-state index contributed by atoms with van der Waals surface area (Å²) >= 11 is 0. The van der Waals surface area contributed by atoms with E-state index in [2.05, 4.69) is 10.1 Å². The van der Waals surface area contributed by atoms with Crippen molar-refractivity contribution >= 4 is 17.6 Å². The summed E-state index contributed by atoms with van der Waals surface area (Å²) in [5.74, 6) is -1.70. The number of amides is 1. The molecule has 6 nitrogen and oxygen atoms in total. The maximum Gasteiger partial charge on any atom is 0.337 e. The molecule has 0 fully saturated rings. The van der Waals surface area contributed by atoms with E-state index in [0.29, 0.717) is 11.3 Å². The van der Waals surface area contributed by atoms with Crippen molar-refractivity contribution < 1.29 is 28.2 Å². The lowest BCUT2D eigenvalue weighted by molar-refractivity contribution is 0.0600. The normalized spacial score (nSPS) is 10.2. The van der Waals surface area contributed by atoms with Gasteiger partial charge in [-0.1, -0.05) is 13.8 Å². The van der Waals surface area contributed by atoms with Crippen LogP contribution >= 0.6 is 0 Å². The SMILES string of the molecule is CC.COC(=O)c1ccc(NC(=O)c2cc(OC(C)C)c(F)c(OC(C)C)c2)cc1. The number of nitrogens with one attached hydrogen (secondary N) is 1. The Morgan fingerprint density at radius 3 is 1.73 bits per heavy atom. The monoisotopic (exact) mass is 419 g/mol. The highest BCUT2D eigenvalue weighted by Gasteiger charge is 2.19. The minimum absolute atomic E-state index is 0.0562. The third kappa shape index (κ3) is 7.06. The molecule has 30 heavy (non-hydrogen) atoms. The Labute approximate surface area is 177 Å². The maximum absolute atomic E-state index is 14.6. The highest BCUT2D eigenvalue weighted by molar-refractivity contribution is 6.05. The Morgan fingerprint density at radius 1 is 0.867 bits per heavy atom. The van der Waals surface area contributed by atoms with Gasteiger partial charge >= 0.3 is 5.97 Å². The molecule has 0 aromatic heterocycles. The van der Waals surface area contributed by atoms with Crippen LogP contribution in [0, 0.1) is 5.82 Å². The fourth-order valence-corrected chi connectivity index (χ4v) is 2.39. The number of carbonyl (C=O) groups is 2. The zero-order valence-corrected chi connectivity index (χ0v) is 18.5. The molecular formula is C23H30FNO5. The maximum atomic E-state index is 14.6. The summed E-state index contributed by atoms with van der Waals surface area (Å²) in [4.78, 5) is 24.1. The zero-order chi connectivity index (χ0) is 22.8. The molecule has 7 heteroatoms. The lowest BCUT2D eigenvalue weighted by atomic mass is 10.1. The van der Waals surface area contributed by atoms with Gasteiger partial charge in [0.05, 0.1) is 24.9 Å². The lowest BCUT2D eigenvalue weighted by Gasteiger charge is -2.17. The molecule has 0 radical (unpaired) electrons. The van der Waals surface area contributed by atoms with E-state index in [1.54, 1.807) is 39.8 Å². The number of hydrogen-bond donors (Lipinski definition) is 1. The van der Waals surface area contributed by atoms with Crippen LogP contribution in [0.3, 0.4) is 0 Å². The molecule has 164 valence electrons. The van der Waals surface area contributed by atoms with Crippen LogP contribution < -0.4 is 14.8 Å². The van der Waals surface area contributed by atoms with Gasteiger partial charge in [0, 0.05) is 11.3 Å². The molecule has 0 unspecified atom stereocenters. The fourth-order valence-electron chi connectivity index (χ4n) is 2.39. The summed E-state index contributed by atoms with van der Waals surface area (Å²) < 4.78 is 30.2. The zero-order valence-electron chi connectivity index (χ0n) is 18.5. The van der Waals surface area contributed by atoms with Gasteiger partial charge in [-0.15, -0.1) is 0 Å². The van der Waals surface area contributed by atoms with Crippen LogP contribution in [0.15, 0.2) is 36.4 Å². The van der Waals surface area contributed by atoms with Crippen LogP contribution in [-0.2, 0) is 4.74 Å². The van der Waals surface area contributed by atoms with Crippen molar-refractivity contribution in [3.8, 4) is 11.5 Å². The molecule has 0 saturated heterocycles. The lowest BCUT2D eigenvalue weighted by Crippen LogP contribution is -2.16. The molecule has 2 aromatic carbocycles. The van der Waals surface area contributed by atoms with Crippen molar-refractivity contribution in [3.05, 3.63) is 53.3 Å². The third-order valence-electron chi connectivity index (χ3n) is 3.56. The van der Waals surface area contributed by atoms with Crippen LogP contribution in [0.4, 0.5) is 10.1 Å². The van der Waals surface area contributed by atoms with Gasteiger partial charge in [0.25, 0.3) is 5.91 Å². The highest BCUT2D eigenvalue weighted by Crippen LogP contribution is 2.31. The van der Waals surface area contributed by atoms with Gasteiger partial charge in [0.15, 0.2) is 11.5 Å². The molecule has 0 saturated carbocycles. The molecule has 0 atom stereocenters. The molecule has 1 amide bonds. The number of rotatable bonds is 7. The van der Waals surface area contributed by atoms with E-state index >= 15 is 0 Å². The summed E-state index contributed by atoms with van der Waals surface area (Å²) in [7, 11) is 1.29. The van der Waals surface area contributed by atoms with Crippen LogP contribution in [0.5, 0.6) is 11.5 Å². The first kappa shape index (κ1) is 24.9. The molecule has 2 aromatic rings. The molecule has 0 aliphatic heterocycles. The topological polar surface area (TPSA) is 73.9 Å². The van der Waals surface area contributed by atoms with E-state index in [-0.39, 0.29) is 29.3 Å². The van der Waals surface area contributed by atoms with Gasteiger partial charge in [-0.3, -0.25) is 4.79 Å². The Morgan fingerprint density at radius 2 is 1.33 bits per heavy atom. The standard InChI is InChI=1S/C21H24FNO5.C2H6/c1-12(2)27-17-10-15(11-18(19(17)22)28-13(3)4)20(24)23-16-8-6-14(7-9-16)21(25)26-5;1-2/h6-13H,1-5H3,(H,23,24);1-2H3. The number of esters is 1. The molecule has 0 heterocycles. The average molecular weight is 419 g/mol. The minimum atomic E-state index is -0.651. The van der Waals surface area contributed by atoms with E-state index in [1.807, 2.05) is 13.8 Å². The number of carbonyl (C=O) groups excluding carboxylic acids is 2. The first-order chi connectivity index (χ1) is 14.2. The van der Waals surface area contributed by atoms with Crippen molar-refractivity contribution in [3.63, 3.8) is 0 Å². The number of anilines is 1. The van der Waals surface area contributed by atoms with E-state index < -0.39 is 17.7 Å². The van der Waals surface area contributed by atoms with Crippen molar-refractivity contribution in [2.75, 3.05) is 12.4 Å². The molecule has 0 aliphatic carbocycles. The second kappa shape index (κ2) is 11.8. The number of hydrogen-bond acceptors (Lipinski definition) is 5. The van der Waals surface area contributed by atoms with Crippen molar-refractivity contribution in [1.82, 2.24) is 0 Å². The van der Waals surface area contributed by atoms with Gasteiger partial charge in [-0.25, -0.2) is 4.79 Å². The Balaban J connectivity index is 0.00000218. The van der Waals surface area contributed by atoms with Crippen LogP contribution in [0.2, 0.25) is 0 Å². The van der Waals surface area contributed by atoms with Gasteiger partial charge in [0.2, 0.25) is 5.82 Å². The van der Waals surface area contributed by atoms with Crippen LogP contribution in [0.1, 0.15) is 62.3 Å². The average Bonchev–Trinajstić information content (AvgIpc) is 2.71. The molecule has 0 aliphatic rings. The molecule has 0 spiro atoms. The quantitative estimate of drug-likeness (QED) is 0.603. The number of halogens is 1. The second-order valence-corrected chi connectivity index (χ2v) is 6.64. The Bertz CT molecular complexity index is 816. The van der Waals surface area contributed by atoms with Gasteiger partial charge in [-0.05, 0) is 64.1 Å². The van der Waals surface area contributed by atoms with Crippen molar-refractivity contribution in [1.29, 1.82) is 0 Å². The second-order valence-electron chi connectivity index (χ2n) is 6.64. The third-order valence-corrected chi connectivity index (χ3v) is 3.56. The van der Waals surface area contributed by atoms with E-state index in [0.717, 1.165) is 0 Å². The Kier molecular flexibility index (Phi) is 9.81. The highest BCUT2D eigenvalue weighted by atomic mass is 19.1. The number of ether oxygens (including phenoxy) is 3. The Hall–Kier alpha value is -3.09. The molecular weight excluding hydrogens is 389 g/mol. The molecule has 2 rings (SSSR count). The van der Waals surface area contributed by atoms with Crippen molar-refractivity contribution in [2.24, 2.45) is 0 Å². The summed E-state index contributed by atoms with van der Waals surface area (Å²) in [6.07, 6.45) is -0.545.